The number of rotatable bonds is 11. The van der Waals surface area contributed by atoms with Crippen LogP contribution in [0, 0.1) is 0 Å². The van der Waals surface area contributed by atoms with Crippen LogP contribution < -0.4 is 4.90 Å². The second-order valence-electron chi connectivity index (χ2n) is 7.13. The van der Waals surface area contributed by atoms with Crippen LogP contribution in [0.1, 0.15) is 17.3 Å². The summed E-state index contributed by atoms with van der Waals surface area (Å²) in [7, 11) is 0. The van der Waals surface area contributed by atoms with E-state index in [1.807, 2.05) is 29.2 Å². The third kappa shape index (κ3) is 7.29. The standard InChI is InChI=1S/C25H27N5O4/c1-2-34-25(33)19-3-5-20(6-4-19)26-27-21-7-9-22(10-8-21)28-29-23-11-13-24(14-12-23)30(15-17-31)16-18-32/h3-14,31-32H,2,15-18H2,1H3. The van der Waals surface area contributed by atoms with E-state index in [4.69, 9.17) is 14.9 Å². The molecule has 0 radical (unpaired) electrons. The van der Waals surface area contributed by atoms with Crippen molar-refractivity contribution in [1.82, 2.24) is 0 Å². The quantitative estimate of drug-likeness (QED) is 0.289. The fourth-order valence-electron chi connectivity index (χ4n) is 3.04. The zero-order valence-electron chi connectivity index (χ0n) is 18.9. The number of anilines is 1. The molecule has 3 aromatic carbocycles. The van der Waals surface area contributed by atoms with Gasteiger partial charge in [0.15, 0.2) is 0 Å². The van der Waals surface area contributed by atoms with E-state index in [1.54, 1.807) is 55.5 Å². The normalized spacial score (nSPS) is 11.3. The number of carbonyl (C=O) groups is 1. The van der Waals surface area contributed by atoms with Gasteiger partial charge in [-0.1, -0.05) is 0 Å². The van der Waals surface area contributed by atoms with Crippen LogP contribution in [0.5, 0.6) is 0 Å². The molecule has 2 N–H and O–H groups in total. The SMILES string of the molecule is CCOC(=O)c1ccc(N=Nc2ccc(N=Nc3ccc(N(CCO)CCO)cc3)cc2)cc1. The predicted octanol–water partition coefficient (Wildman–Crippen LogP) is 5.49. The van der Waals surface area contributed by atoms with Crippen LogP contribution >= 0.6 is 0 Å². The van der Waals surface area contributed by atoms with E-state index in [1.165, 1.54) is 0 Å². The number of esters is 1. The van der Waals surface area contributed by atoms with Crippen molar-refractivity contribution < 1.29 is 19.7 Å². The van der Waals surface area contributed by atoms with Gasteiger partial charge < -0.3 is 19.8 Å². The molecule has 0 fully saturated rings. The molecular formula is C25H27N5O4. The molecule has 0 saturated heterocycles. The molecule has 176 valence electrons. The Morgan fingerprint density at radius 1 is 0.706 bits per heavy atom. The number of hydrogen-bond donors (Lipinski definition) is 2. The van der Waals surface area contributed by atoms with Crippen molar-refractivity contribution in [3.8, 4) is 0 Å². The van der Waals surface area contributed by atoms with Crippen molar-refractivity contribution in [3.63, 3.8) is 0 Å². The molecule has 0 aliphatic heterocycles. The Morgan fingerprint density at radius 3 is 1.47 bits per heavy atom. The summed E-state index contributed by atoms with van der Waals surface area (Å²) >= 11 is 0. The highest BCUT2D eigenvalue weighted by atomic mass is 16.5. The van der Waals surface area contributed by atoms with E-state index >= 15 is 0 Å². The predicted molar refractivity (Wildman–Crippen MR) is 130 cm³/mol. The van der Waals surface area contributed by atoms with Crippen molar-refractivity contribution in [3.05, 3.63) is 78.4 Å². The van der Waals surface area contributed by atoms with Gasteiger partial charge in [-0.15, -0.1) is 0 Å². The molecule has 0 unspecified atom stereocenters. The molecule has 3 rings (SSSR count). The van der Waals surface area contributed by atoms with Gasteiger partial charge in [0, 0.05) is 18.8 Å². The van der Waals surface area contributed by atoms with Crippen LogP contribution in [0.15, 0.2) is 93.3 Å². The van der Waals surface area contributed by atoms with Crippen LogP contribution in [-0.4, -0.2) is 49.1 Å². The third-order valence-corrected chi connectivity index (χ3v) is 4.74. The second-order valence-corrected chi connectivity index (χ2v) is 7.13. The summed E-state index contributed by atoms with van der Waals surface area (Å²) in [6, 6.07) is 21.3. The molecule has 0 aliphatic rings. The summed E-state index contributed by atoms with van der Waals surface area (Å²) in [4.78, 5) is 13.6. The van der Waals surface area contributed by atoms with Crippen LogP contribution in [-0.2, 0) is 4.74 Å². The van der Waals surface area contributed by atoms with Gasteiger partial charge in [-0.2, -0.15) is 20.5 Å². The minimum absolute atomic E-state index is 0.0127. The maximum absolute atomic E-state index is 11.7. The first-order valence-corrected chi connectivity index (χ1v) is 10.9. The highest BCUT2D eigenvalue weighted by molar-refractivity contribution is 5.89. The largest absolute Gasteiger partial charge is 0.462 e. The highest BCUT2D eigenvalue weighted by Crippen LogP contribution is 2.25. The Labute approximate surface area is 198 Å². The first-order valence-electron chi connectivity index (χ1n) is 10.9. The number of carbonyl (C=O) groups excluding carboxylic acids is 1. The van der Waals surface area contributed by atoms with Crippen LogP contribution in [0.2, 0.25) is 0 Å². The van der Waals surface area contributed by atoms with Crippen molar-refractivity contribution >= 4 is 34.4 Å². The number of benzene rings is 3. The van der Waals surface area contributed by atoms with E-state index in [0.29, 0.717) is 48.0 Å². The van der Waals surface area contributed by atoms with Gasteiger partial charge in [0.1, 0.15) is 0 Å². The molecule has 0 aromatic heterocycles. The topological polar surface area (TPSA) is 119 Å². The van der Waals surface area contributed by atoms with Crippen LogP contribution in [0.25, 0.3) is 0 Å². The number of aliphatic hydroxyl groups is 2. The van der Waals surface area contributed by atoms with E-state index in [9.17, 15) is 4.79 Å². The van der Waals surface area contributed by atoms with E-state index in [2.05, 4.69) is 20.5 Å². The first kappa shape index (κ1) is 24.7. The molecule has 0 saturated carbocycles. The fourth-order valence-corrected chi connectivity index (χ4v) is 3.04. The zero-order valence-corrected chi connectivity index (χ0v) is 18.9. The van der Waals surface area contributed by atoms with Crippen molar-refractivity contribution in [1.29, 1.82) is 0 Å². The third-order valence-electron chi connectivity index (χ3n) is 4.74. The van der Waals surface area contributed by atoms with Gasteiger partial charge in [0.25, 0.3) is 0 Å². The van der Waals surface area contributed by atoms with Crippen LogP contribution in [0.4, 0.5) is 28.4 Å². The molecule has 9 heteroatoms. The Bertz CT molecular complexity index is 1090. The number of ether oxygens (including phenoxy) is 1. The molecule has 0 aliphatic carbocycles. The number of hydrogen-bond acceptors (Lipinski definition) is 9. The smallest absolute Gasteiger partial charge is 0.338 e. The minimum Gasteiger partial charge on any atom is -0.462 e. The lowest BCUT2D eigenvalue weighted by Gasteiger charge is -2.22. The average Bonchev–Trinajstić information content (AvgIpc) is 2.87. The lowest BCUT2D eigenvalue weighted by molar-refractivity contribution is 0.0526. The maximum atomic E-state index is 11.7. The molecule has 0 bridgehead atoms. The Hall–Kier alpha value is -3.95. The monoisotopic (exact) mass is 461 g/mol. The zero-order chi connectivity index (χ0) is 24.2. The summed E-state index contributed by atoms with van der Waals surface area (Å²) in [6.45, 7) is 3.02. The Morgan fingerprint density at radius 2 is 1.09 bits per heavy atom. The molecule has 0 atom stereocenters. The summed E-state index contributed by atoms with van der Waals surface area (Å²) in [6.07, 6.45) is 0. The summed E-state index contributed by atoms with van der Waals surface area (Å²) in [5.41, 5.74) is 4.00. The molecule has 0 spiro atoms. The molecular weight excluding hydrogens is 434 g/mol. The van der Waals surface area contributed by atoms with Gasteiger partial charge >= 0.3 is 5.97 Å². The lowest BCUT2D eigenvalue weighted by Crippen LogP contribution is -2.29. The molecule has 9 nitrogen and oxygen atoms in total. The molecule has 3 aromatic rings. The van der Waals surface area contributed by atoms with Crippen molar-refractivity contribution in [2.45, 2.75) is 6.92 Å². The fraction of sp³-hybridized carbons (Fsp3) is 0.240. The summed E-state index contributed by atoms with van der Waals surface area (Å²) in [5.74, 6) is -0.364. The number of nitrogens with zero attached hydrogens (tertiary/aromatic N) is 5. The first-order chi connectivity index (χ1) is 16.6. The van der Waals surface area contributed by atoms with Crippen LogP contribution in [0.3, 0.4) is 0 Å². The maximum Gasteiger partial charge on any atom is 0.338 e. The Kier molecular flexibility index (Phi) is 9.39. The van der Waals surface area contributed by atoms with Gasteiger partial charge in [-0.05, 0) is 79.7 Å². The average molecular weight is 462 g/mol. The minimum atomic E-state index is -0.364. The van der Waals surface area contributed by atoms with Gasteiger partial charge in [-0.3, -0.25) is 0 Å². The van der Waals surface area contributed by atoms with Crippen molar-refractivity contribution in [2.24, 2.45) is 20.5 Å². The highest BCUT2D eigenvalue weighted by Gasteiger charge is 2.06. The van der Waals surface area contributed by atoms with Gasteiger partial charge in [0.2, 0.25) is 0 Å². The van der Waals surface area contributed by atoms with E-state index in [-0.39, 0.29) is 19.2 Å². The number of azo groups is 2. The van der Waals surface area contributed by atoms with Crippen molar-refractivity contribution in [2.75, 3.05) is 37.8 Å². The van der Waals surface area contributed by atoms with E-state index < -0.39 is 0 Å². The summed E-state index contributed by atoms with van der Waals surface area (Å²) in [5, 5.41) is 35.2. The molecule has 34 heavy (non-hydrogen) atoms. The molecule has 0 heterocycles. The summed E-state index contributed by atoms with van der Waals surface area (Å²) < 4.78 is 4.96. The second kappa shape index (κ2) is 12.9. The lowest BCUT2D eigenvalue weighted by atomic mass is 10.2. The van der Waals surface area contributed by atoms with Gasteiger partial charge in [0.05, 0.1) is 48.1 Å². The van der Waals surface area contributed by atoms with Gasteiger partial charge in [-0.25, -0.2) is 4.79 Å². The molecule has 0 amide bonds. The van der Waals surface area contributed by atoms with E-state index in [0.717, 1.165) is 5.69 Å². The Balaban J connectivity index is 1.58. The number of aliphatic hydroxyl groups excluding tert-OH is 2.